The van der Waals surface area contributed by atoms with Crippen molar-refractivity contribution < 1.29 is 19.0 Å². The number of ether oxygens (including phenoxy) is 1. The van der Waals surface area contributed by atoms with Gasteiger partial charge in [-0.15, -0.1) is 0 Å². The van der Waals surface area contributed by atoms with Gasteiger partial charge in [0.1, 0.15) is 6.61 Å². The molecule has 1 aromatic rings. The molecule has 1 heterocycles. The zero-order chi connectivity index (χ0) is 13.0. The highest BCUT2D eigenvalue weighted by molar-refractivity contribution is 5.70. The number of nitrogens with zero attached hydrogens (tertiary/aromatic N) is 1. The molecule has 0 saturated carbocycles. The predicted octanol–water partition coefficient (Wildman–Crippen LogP) is 1.61. The molecule has 1 N–H and O–H groups in total. The second-order valence-electron chi connectivity index (χ2n) is 4.40. The van der Waals surface area contributed by atoms with E-state index in [-0.39, 0.29) is 17.5 Å². The van der Waals surface area contributed by atoms with Gasteiger partial charge in [-0.2, -0.15) is 0 Å². The molecule has 1 atom stereocenters. The molecule has 2 rings (SSSR count). The van der Waals surface area contributed by atoms with Crippen molar-refractivity contribution in [1.29, 1.82) is 0 Å². The van der Waals surface area contributed by atoms with Crippen molar-refractivity contribution in [3.05, 3.63) is 30.1 Å². The lowest BCUT2D eigenvalue weighted by atomic mass is 10.1. The number of carbonyl (C=O) groups is 1. The largest absolute Gasteiger partial charge is 0.489 e. The van der Waals surface area contributed by atoms with Gasteiger partial charge < -0.3 is 9.84 Å². The first-order chi connectivity index (χ1) is 8.66. The summed E-state index contributed by atoms with van der Waals surface area (Å²) < 4.78 is 18.6. The number of likely N-dealkylation sites (tertiary alicyclic amines) is 1. The van der Waals surface area contributed by atoms with E-state index in [0.717, 1.165) is 6.54 Å². The number of hydrogen-bond acceptors (Lipinski definition) is 3. The quantitative estimate of drug-likeness (QED) is 0.866. The lowest BCUT2D eigenvalue weighted by Crippen LogP contribution is -2.27. The monoisotopic (exact) mass is 253 g/mol. The Morgan fingerprint density at radius 2 is 2.28 bits per heavy atom. The first kappa shape index (κ1) is 12.8. The molecular formula is C13H16FNO3. The summed E-state index contributed by atoms with van der Waals surface area (Å²) in [7, 11) is 0. The molecule has 18 heavy (non-hydrogen) atoms. The van der Waals surface area contributed by atoms with Crippen molar-refractivity contribution >= 4 is 5.97 Å². The Kier molecular flexibility index (Phi) is 4.15. The molecule has 1 aromatic carbocycles. The molecule has 1 aliphatic rings. The fourth-order valence-electron chi connectivity index (χ4n) is 2.08. The van der Waals surface area contributed by atoms with E-state index < -0.39 is 5.97 Å². The van der Waals surface area contributed by atoms with Crippen molar-refractivity contribution in [2.45, 2.75) is 6.42 Å². The molecule has 1 fully saturated rings. The Morgan fingerprint density at radius 3 is 2.94 bits per heavy atom. The SMILES string of the molecule is O=C(O)[C@H]1CCN(CCOc2ccccc2F)C1. The number of aliphatic carboxylic acids is 1. The van der Waals surface area contributed by atoms with Gasteiger partial charge >= 0.3 is 5.97 Å². The third-order valence-corrected chi connectivity index (χ3v) is 3.12. The third kappa shape index (κ3) is 3.20. The van der Waals surface area contributed by atoms with Crippen molar-refractivity contribution in [2.24, 2.45) is 5.92 Å². The van der Waals surface area contributed by atoms with Crippen LogP contribution in [-0.4, -0.2) is 42.2 Å². The number of carboxylic acid groups (broad SMARTS) is 1. The highest BCUT2D eigenvalue weighted by Gasteiger charge is 2.27. The maximum absolute atomic E-state index is 13.2. The second-order valence-corrected chi connectivity index (χ2v) is 4.40. The summed E-state index contributed by atoms with van der Waals surface area (Å²) in [6.45, 7) is 2.30. The van der Waals surface area contributed by atoms with Crippen LogP contribution < -0.4 is 4.74 Å². The fraction of sp³-hybridized carbons (Fsp3) is 0.462. The van der Waals surface area contributed by atoms with Crippen molar-refractivity contribution in [3.8, 4) is 5.75 Å². The number of rotatable bonds is 5. The lowest BCUT2D eigenvalue weighted by Gasteiger charge is -2.15. The van der Waals surface area contributed by atoms with Crippen molar-refractivity contribution in [3.63, 3.8) is 0 Å². The van der Waals surface area contributed by atoms with Gasteiger partial charge in [-0.3, -0.25) is 9.69 Å². The van der Waals surface area contributed by atoms with Crippen LogP contribution >= 0.6 is 0 Å². The Labute approximate surface area is 105 Å². The van der Waals surface area contributed by atoms with E-state index in [4.69, 9.17) is 9.84 Å². The minimum atomic E-state index is -0.743. The molecule has 0 aromatic heterocycles. The van der Waals surface area contributed by atoms with Gasteiger partial charge in [0.15, 0.2) is 11.6 Å². The predicted molar refractivity (Wildman–Crippen MR) is 64.1 cm³/mol. The first-order valence-electron chi connectivity index (χ1n) is 5.99. The molecule has 0 aliphatic carbocycles. The van der Waals surface area contributed by atoms with Crippen LogP contribution in [0.3, 0.4) is 0 Å². The van der Waals surface area contributed by atoms with Gasteiger partial charge in [0, 0.05) is 13.1 Å². The van der Waals surface area contributed by atoms with Gasteiger partial charge in [-0.05, 0) is 25.1 Å². The number of halogens is 1. The average Bonchev–Trinajstić information content (AvgIpc) is 2.80. The van der Waals surface area contributed by atoms with E-state index in [2.05, 4.69) is 0 Å². The third-order valence-electron chi connectivity index (χ3n) is 3.12. The summed E-state index contributed by atoms with van der Waals surface area (Å²) in [6.07, 6.45) is 0.676. The first-order valence-corrected chi connectivity index (χ1v) is 5.99. The number of carboxylic acids is 1. The normalized spacial score (nSPS) is 19.9. The van der Waals surface area contributed by atoms with E-state index in [1.165, 1.54) is 6.07 Å². The van der Waals surface area contributed by atoms with Crippen LogP contribution in [-0.2, 0) is 4.79 Å². The smallest absolute Gasteiger partial charge is 0.307 e. The fourth-order valence-corrected chi connectivity index (χ4v) is 2.08. The molecule has 5 heteroatoms. The zero-order valence-electron chi connectivity index (χ0n) is 10.0. The van der Waals surface area contributed by atoms with E-state index in [9.17, 15) is 9.18 Å². The summed E-state index contributed by atoms with van der Waals surface area (Å²) in [5.41, 5.74) is 0. The van der Waals surface area contributed by atoms with E-state index in [0.29, 0.717) is 26.1 Å². The molecule has 0 unspecified atom stereocenters. The Bertz CT molecular complexity index is 424. The van der Waals surface area contributed by atoms with Crippen LogP contribution in [0.4, 0.5) is 4.39 Å². The van der Waals surface area contributed by atoms with Gasteiger partial charge in [-0.1, -0.05) is 12.1 Å². The Balaban J connectivity index is 1.74. The van der Waals surface area contributed by atoms with Crippen LogP contribution in [0.15, 0.2) is 24.3 Å². The molecule has 0 spiro atoms. The highest BCUT2D eigenvalue weighted by Crippen LogP contribution is 2.17. The molecule has 98 valence electrons. The van der Waals surface area contributed by atoms with Crippen LogP contribution in [0.2, 0.25) is 0 Å². The van der Waals surface area contributed by atoms with Crippen molar-refractivity contribution in [2.75, 3.05) is 26.2 Å². The topological polar surface area (TPSA) is 49.8 Å². The second kappa shape index (κ2) is 5.82. The summed E-state index contributed by atoms with van der Waals surface area (Å²) in [6, 6.07) is 6.26. The number of hydrogen-bond donors (Lipinski definition) is 1. The van der Waals surface area contributed by atoms with Crippen molar-refractivity contribution in [1.82, 2.24) is 4.90 Å². The highest BCUT2D eigenvalue weighted by atomic mass is 19.1. The summed E-state index contributed by atoms with van der Waals surface area (Å²) in [5.74, 6) is -1.15. The van der Waals surface area contributed by atoms with Gasteiger partial charge in [0.25, 0.3) is 0 Å². The molecule has 0 bridgehead atoms. The minimum Gasteiger partial charge on any atom is -0.489 e. The Hall–Kier alpha value is -1.62. The molecule has 1 saturated heterocycles. The zero-order valence-corrected chi connectivity index (χ0v) is 10.0. The van der Waals surface area contributed by atoms with Crippen LogP contribution in [0.5, 0.6) is 5.75 Å². The molecule has 0 amide bonds. The molecule has 1 aliphatic heterocycles. The number of benzene rings is 1. The maximum atomic E-state index is 13.2. The molecular weight excluding hydrogens is 237 g/mol. The average molecular weight is 253 g/mol. The van der Waals surface area contributed by atoms with E-state index >= 15 is 0 Å². The molecule has 0 radical (unpaired) electrons. The van der Waals surface area contributed by atoms with E-state index in [1.807, 2.05) is 4.90 Å². The van der Waals surface area contributed by atoms with Gasteiger partial charge in [-0.25, -0.2) is 4.39 Å². The lowest BCUT2D eigenvalue weighted by molar-refractivity contribution is -0.141. The van der Waals surface area contributed by atoms with Crippen LogP contribution in [0.1, 0.15) is 6.42 Å². The maximum Gasteiger partial charge on any atom is 0.307 e. The summed E-state index contributed by atoms with van der Waals surface area (Å²) >= 11 is 0. The minimum absolute atomic E-state index is 0.242. The van der Waals surface area contributed by atoms with Gasteiger partial charge in [0.05, 0.1) is 5.92 Å². The summed E-state index contributed by atoms with van der Waals surface area (Å²) in [5, 5.41) is 8.86. The Morgan fingerprint density at radius 1 is 1.50 bits per heavy atom. The molecule has 4 nitrogen and oxygen atoms in total. The standard InChI is InChI=1S/C13H16FNO3/c14-11-3-1-2-4-12(11)18-8-7-15-6-5-10(9-15)13(16)17/h1-4,10H,5-9H2,(H,16,17)/t10-/m0/s1. The van der Waals surface area contributed by atoms with E-state index in [1.54, 1.807) is 18.2 Å². The number of para-hydroxylation sites is 1. The van der Waals surface area contributed by atoms with Crippen LogP contribution in [0.25, 0.3) is 0 Å². The van der Waals surface area contributed by atoms with Gasteiger partial charge in [0.2, 0.25) is 0 Å². The van der Waals surface area contributed by atoms with Crippen LogP contribution in [0, 0.1) is 11.7 Å². The summed E-state index contributed by atoms with van der Waals surface area (Å²) in [4.78, 5) is 12.8.